The van der Waals surface area contributed by atoms with Crippen LogP contribution < -0.4 is 0 Å². The van der Waals surface area contributed by atoms with E-state index in [0.717, 1.165) is 33.5 Å². The van der Waals surface area contributed by atoms with Crippen LogP contribution in [0.2, 0.25) is 0 Å². The number of para-hydroxylation sites is 3. The Morgan fingerprint density at radius 3 is 1.50 bits per heavy atom. The largest absolute Gasteiger partial charge is 0.309 e. The van der Waals surface area contributed by atoms with Gasteiger partial charge in [-0.25, -0.2) is 15.0 Å². The second-order valence-corrected chi connectivity index (χ2v) is 16.7. The van der Waals surface area contributed by atoms with Gasteiger partial charge in [0.05, 0.1) is 16.7 Å². The number of aromatic nitrogens is 4. The lowest BCUT2D eigenvalue weighted by Crippen LogP contribution is -2.00. The van der Waals surface area contributed by atoms with E-state index in [9.17, 15) is 0 Å². The molecule has 290 valence electrons. The molecule has 5 heteroatoms. The van der Waals surface area contributed by atoms with E-state index in [2.05, 4.69) is 199 Å². The molecule has 4 nitrogen and oxygen atoms in total. The molecule has 12 rings (SSSR count). The maximum Gasteiger partial charge on any atom is 0.164 e. The van der Waals surface area contributed by atoms with Crippen LogP contribution in [-0.4, -0.2) is 19.5 Å². The van der Waals surface area contributed by atoms with Gasteiger partial charge in [0.15, 0.2) is 17.5 Å². The molecule has 0 aliphatic carbocycles. The van der Waals surface area contributed by atoms with Gasteiger partial charge in [-0.3, -0.25) is 0 Å². The van der Waals surface area contributed by atoms with Crippen LogP contribution in [0.25, 0.3) is 115 Å². The van der Waals surface area contributed by atoms with Gasteiger partial charge in [-0.1, -0.05) is 182 Å². The fraction of sp³-hybridized carbons (Fsp3) is 0. The molecule has 3 aromatic heterocycles. The van der Waals surface area contributed by atoms with E-state index < -0.39 is 0 Å². The van der Waals surface area contributed by atoms with Gasteiger partial charge in [0, 0.05) is 53.2 Å². The molecule has 3 heterocycles. The van der Waals surface area contributed by atoms with Gasteiger partial charge in [-0.05, 0) is 64.2 Å². The summed E-state index contributed by atoms with van der Waals surface area (Å²) >= 11 is 1.81. The highest BCUT2D eigenvalue weighted by Crippen LogP contribution is 2.44. The molecule has 0 saturated heterocycles. The second-order valence-electron chi connectivity index (χ2n) is 15.6. The Balaban J connectivity index is 0.968. The first-order valence-corrected chi connectivity index (χ1v) is 21.7. The van der Waals surface area contributed by atoms with Crippen molar-refractivity contribution in [2.45, 2.75) is 0 Å². The van der Waals surface area contributed by atoms with Crippen molar-refractivity contribution in [2.75, 3.05) is 0 Å². The molecule has 0 aliphatic heterocycles. The van der Waals surface area contributed by atoms with E-state index in [1.54, 1.807) is 0 Å². The first-order valence-electron chi connectivity index (χ1n) is 20.8. The summed E-state index contributed by atoms with van der Waals surface area (Å²) in [5, 5.41) is 4.97. The molecule has 0 unspecified atom stereocenters. The number of benzene rings is 9. The fourth-order valence-corrected chi connectivity index (χ4v) is 10.1. The Kier molecular flexibility index (Phi) is 8.65. The van der Waals surface area contributed by atoms with Gasteiger partial charge in [-0.2, -0.15) is 0 Å². The molecule has 0 aliphatic rings. The Morgan fingerprint density at radius 2 is 0.790 bits per heavy atom. The van der Waals surface area contributed by atoms with Gasteiger partial charge in [0.1, 0.15) is 0 Å². The monoisotopic (exact) mass is 808 g/mol. The summed E-state index contributed by atoms with van der Waals surface area (Å²) in [6.45, 7) is 0. The van der Waals surface area contributed by atoms with E-state index in [0.29, 0.717) is 17.5 Å². The third-order valence-corrected chi connectivity index (χ3v) is 13.0. The van der Waals surface area contributed by atoms with Gasteiger partial charge >= 0.3 is 0 Å². The van der Waals surface area contributed by atoms with Crippen molar-refractivity contribution in [3.63, 3.8) is 0 Å². The van der Waals surface area contributed by atoms with E-state index in [4.69, 9.17) is 15.0 Å². The van der Waals surface area contributed by atoms with Gasteiger partial charge in [0.2, 0.25) is 0 Å². The number of hydrogen-bond donors (Lipinski definition) is 0. The molecule has 0 amide bonds. The molecule has 0 spiro atoms. The molecule has 0 bridgehead atoms. The van der Waals surface area contributed by atoms with Crippen molar-refractivity contribution in [3.05, 3.63) is 218 Å². The Hall–Kier alpha value is -7.99. The summed E-state index contributed by atoms with van der Waals surface area (Å²) in [6.07, 6.45) is 0. The fourth-order valence-electron chi connectivity index (χ4n) is 8.94. The van der Waals surface area contributed by atoms with E-state index in [1.165, 1.54) is 64.2 Å². The van der Waals surface area contributed by atoms with Crippen molar-refractivity contribution in [1.82, 2.24) is 19.5 Å². The molecule has 0 radical (unpaired) electrons. The molecule has 9 aromatic carbocycles. The topological polar surface area (TPSA) is 43.6 Å². The Morgan fingerprint density at radius 1 is 0.306 bits per heavy atom. The second kappa shape index (κ2) is 14.9. The lowest BCUT2D eigenvalue weighted by atomic mass is 9.97. The predicted molar refractivity (Wildman–Crippen MR) is 260 cm³/mol. The van der Waals surface area contributed by atoms with E-state index in [1.807, 2.05) is 35.6 Å². The van der Waals surface area contributed by atoms with Crippen LogP contribution in [0.1, 0.15) is 0 Å². The number of thiophene rings is 1. The number of nitrogens with zero attached hydrogens (tertiary/aromatic N) is 4. The molecule has 0 atom stereocenters. The van der Waals surface area contributed by atoms with Crippen LogP contribution in [0, 0.1) is 0 Å². The Bertz CT molecular complexity index is 3570. The van der Waals surface area contributed by atoms with Crippen LogP contribution in [0.5, 0.6) is 0 Å². The van der Waals surface area contributed by atoms with Crippen molar-refractivity contribution in [2.24, 2.45) is 0 Å². The minimum Gasteiger partial charge on any atom is -0.309 e. The quantitative estimate of drug-likeness (QED) is 0.161. The molecule has 0 fully saturated rings. The normalized spacial score (nSPS) is 11.5. The highest BCUT2D eigenvalue weighted by Gasteiger charge is 2.19. The van der Waals surface area contributed by atoms with Gasteiger partial charge in [0.25, 0.3) is 0 Å². The van der Waals surface area contributed by atoms with Gasteiger partial charge < -0.3 is 4.57 Å². The number of hydrogen-bond acceptors (Lipinski definition) is 4. The minimum absolute atomic E-state index is 0.636. The van der Waals surface area contributed by atoms with Crippen molar-refractivity contribution < 1.29 is 0 Å². The maximum atomic E-state index is 5.18. The first kappa shape index (κ1) is 35.9. The summed E-state index contributed by atoms with van der Waals surface area (Å²) in [7, 11) is 0. The van der Waals surface area contributed by atoms with Crippen LogP contribution in [-0.2, 0) is 0 Å². The molecule has 0 saturated carbocycles. The smallest absolute Gasteiger partial charge is 0.164 e. The van der Waals surface area contributed by atoms with Crippen molar-refractivity contribution in [1.29, 1.82) is 0 Å². The average molecular weight is 809 g/mol. The predicted octanol–water partition coefficient (Wildman–Crippen LogP) is 15.3. The zero-order chi connectivity index (χ0) is 41.0. The summed E-state index contributed by atoms with van der Waals surface area (Å²) in [5.74, 6) is 1.92. The summed E-state index contributed by atoms with van der Waals surface area (Å²) in [5.41, 5.74) is 13.4. The highest BCUT2D eigenvalue weighted by atomic mass is 32.1. The third kappa shape index (κ3) is 6.18. The van der Waals surface area contributed by atoms with Crippen LogP contribution >= 0.6 is 11.3 Å². The van der Waals surface area contributed by atoms with Crippen LogP contribution in [0.3, 0.4) is 0 Å². The summed E-state index contributed by atoms with van der Waals surface area (Å²) < 4.78 is 4.84. The number of fused-ring (bicyclic) bond motifs is 6. The molecule has 62 heavy (non-hydrogen) atoms. The lowest BCUT2D eigenvalue weighted by Gasteiger charge is -2.15. The SMILES string of the molecule is c1ccc(-c2ccc(-c3cccc(-c4nc(-c5ccccc5)nc(-c5ccc6c(c5)sc5cccc(-c7ccccc7-n7c8ccccc8c8ccccc87)c56)n4)c3)cc2)cc1. The third-order valence-electron chi connectivity index (χ3n) is 11.9. The summed E-state index contributed by atoms with van der Waals surface area (Å²) in [4.78, 5) is 15.4. The molecule has 12 aromatic rings. The highest BCUT2D eigenvalue weighted by molar-refractivity contribution is 7.26. The zero-order valence-electron chi connectivity index (χ0n) is 33.5. The van der Waals surface area contributed by atoms with E-state index in [-0.39, 0.29) is 0 Å². The van der Waals surface area contributed by atoms with Crippen molar-refractivity contribution in [3.8, 4) is 73.2 Å². The summed E-state index contributed by atoms with van der Waals surface area (Å²) in [6, 6.07) is 77.5. The number of rotatable bonds is 7. The standard InChI is InChI=1S/C57H36N4S/c1-3-15-37(16-4-1)38-29-31-39(32-30-38)41-19-13-20-42(35-41)56-58-55(40-17-5-2-6-18-40)59-57(60-56)43-33-34-48-53(36-43)62-52-28-14-24-47(54(48)52)46-23-9-12-27-51(46)61-49-25-10-7-21-44(49)45-22-8-11-26-50(45)61/h1-36H. The molecular formula is C57H36N4S. The average Bonchev–Trinajstić information content (AvgIpc) is 3.90. The molecule has 0 N–H and O–H groups in total. The minimum atomic E-state index is 0.636. The Labute approximate surface area is 362 Å². The van der Waals surface area contributed by atoms with Crippen molar-refractivity contribution >= 4 is 53.3 Å². The molecular weight excluding hydrogens is 773 g/mol. The van der Waals surface area contributed by atoms with Crippen LogP contribution in [0.15, 0.2) is 218 Å². The maximum absolute atomic E-state index is 5.18. The zero-order valence-corrected chi connectivity index (χ0v) is 34.3. The van der Waals surface area contributed by atoms with E-state index >= 15 is 0 Å². The lowest BCUT2D eigenvalue weighted by molar-refractivity contribution is 1.07. The van der Waals surface area contributed by atoms with Gasteiger partial charge in [-0.15, -0.1) is 11.3 Å². The first-order chi connectivity index (χ1) is 30.7. The van der Waals surface area contributed by atoms with Crippen LogP contribution in [0.4, 0.5) is 0 Å².